The molecule has 1 N–H and O–H groups in total. The third kappa shape index (κ3) is 6.91. The Morgan fingerprint density at radius 3 is 2.25 bits per heavy atom. The Kier molecular flexibility index (Phi) is 8.68. The molecule has 40 heavy (non-hydrogen) atoms. The van der Waals surface area contributed by atoms with Crippen LogP contribution in [0, 0.1) is 0 Å². The second kappa shape index (κ2) is 11.8. The van der Waals surface area contributed by atoms with Gasteiger partial charge in [-0.15, -0.1) is 0 Å². The van der Waals surface area contributed by atoms with Crippen LogP contribution >= 0.6 is 23.2 Å². The number of aromatic nitrogens is 1. The molecule has 4 aromatic rings. The van der Waals surface area contributed by atoms with Crippen LogP contribution in [-0.4, -0.2) is 37.4 Å². The number of sulfonamides is 1. The summed E-state index contributed by atoms with van der Waals surface area (Å²) >= 11 is 12.2. The highest BCUT2D eigenvalue weighted by Gasteiger charge is 2.31. The van der Waals surface area contributed by atoms with Crippen molar-refractivity contribution in [1.82, 2.24) is 10.3 Å². The van der Waals surface area contributed by atoms with Gasteiger partial charge in [0, 0.05) is 27.2 Å². The molecule has 0 radical (unpaired) electrons. The van der Waals surface area contributed by atoms with E-state index >= 15 is 0 Å². The Bertz CT molecular complexity index is 1650. The highest BCUT2D eigenvalue weighted by molar-refractivity contribution is 7.93. The quantitative estimate of drug-likeness (QED) is 0.249. The molecule has 0 fully saturated rings. The normalized spacial score (nSPS) is 11.7. The molecule has 0 saturated heterocycles. The lowest BCUT2D eigenvalue weighted by molar-refractivity contribution is -0.152. The van der Waals surface area contributed by atoms with Gasteiger partial charge in [-0.25, -0.2) is 8.42 Å². The number of nitrogens with one attached hydrogen (secondary N) is 1. The Hall–Kier alpha value is -3.66. The molecular weight excluding hydrogens is 573 g/mol. The average Bonchev–Trinajstić information content (AvgIpc) is 2.89. The summed E-state index contributed by atoms with van der Waals surface area (Å²) in [6, 6.07) is 19.2. The molecule has 208 valence electrons. The Morgan fingerprint density at radius 2 is 1.60 bits per heavy atom. The van der Waals surface area contributed by atoms with Gasteiger partial charge in [-0.3, -0.25) is 18.9 Å². The summed E-state index contributed by atoms with van der Waals surface area (Å²) in [5.41, 5.74) is 0.352. The first-order valence-electron chi connectivity index (χ1n) is 12.3. The molecule has 0 spiro atoms. The lowest BCUT2D eigenvalue weighted by Crippen LogP contribution is -2.39. The largest absolute Gasteiger partial charge is 0.459 e. The summed E-state index contributed by atoms with van der Waals surface area (Å²) in [7, 11) is -4.37. The van der Waals surface area contributed by atoms with Crippen molar-refractivity contribution in [3.63, 3.8) is 0 Å². The predicted octanol–water partition coefficient (Wildman–Crippen LogP) is 6.01. The van der Waals surface area contributed by atoms with E-state index in [4.69, 9.17) is 27.9 Å². The monoisotopic (exact) mass is 599 g/mol. The summed E-state index contributed by atoms with van der Waals surface area (Å²) in [6.45, 7) is 4.65. The maximum Gasteiger partial charge on any atom is 0.327 e. The van der Waals surface area contributed by atoms with E-state index in [1.54, 1.807) is 75.5 Å². The number of hydrogen-bond acceptors (Lipinski definition) is 6. The van der Waals surface area contributed by atoms with Crippen LogP contribution in [0.2, 0.25) is 10.0 Å². The molecule has 0 aliphatic heterocycles. The van der Waals surface area contributed by atoms with Crippen molar-refractivity contribution >= 4 is 61.6 Å². The lowest BCUT2D eigenvalue weighted by atomic mass is 10.0. The fourth-order valence-corrected chi connectivity index (χ4v) is 6.23. The molecule has 0 unspecified atom stereocenters. The minimum atomic E-state index is -4.37. The van der Waals surface area contributed by atoms with Gasteiger partial charge in [-0.2, -0.15) is 0 Å². The Morgan fingerprint density at radius 1 is 0.925 bits per heavy atom. The van der Waals surface area contributed by atoms with Gasteiger partial charge in [-0.05, 0) is 68.6 Å². The van der Waals surface area contributed by atoms with Gasteiger partial charge in [-0.1, -0.05) is 53.5 Å². The Labute approximate surface area is 242 Å². The number of pyridine rings is 1. The van der Waals surface area contributed by atoms with Crippen LogP contribution in [0.1, 0.15) is 36.8 Å². The van der Waals surface area contributed by atoms with E-state index in [0.29, 0.717) is 22.0 Å². The van der Waals surface area contributed by atoms with E-state index in [9.17, 15) is 18.0 Å². The molecular formula is C29H27Cl2N3O5S. The summed E-state index contributed by atoms with van der Waals surface area (Å²) in [5, 5.41) is 4.01. The number of fused-ring (bicyclic) bond motifs is 1. The number of nitrogens with zero attached hydrogens (tertiary/aromatic N) is 2. The van der Waals surface area contributed by atoms with Crippen molar-refractivity contribution in [1.29, 1.82) is 0 Å². The molecule has 3 aromatic carbocycles. The van der Waals surface area contributed by atoms with E-state index in [2.05, 4.69) is 10.3 Å². The highest BCUT2D eigenvalue weighted by atomic mass is 35.5. The first-order chi connectivity index (χ1) is 18.8. The number of hydrogen-bond donors (Lipinski definition) is 1. The van der Waals surface area contributed by atoms with Crippen molar-refractivity contribution in [2.45, 2.75) is 37.8 Å². The second-order valence-corrected chi connectivity index (χ2v) is 12.6. The summed E-state index contributed by atoms with van der Waals surface area (Å²) in [6.07, 6.45) is 1.64. The molecule has 4 rings (SSSR count). The van der Waals surface area contributed by atoms with Crippen molar-refractivity contribution in [3.05, 3.63) is 100 Å². The van der Waals surface area contributed by atoms with Crippen LogP contribution < -0.4 is 9.62 Å². The number of carbonyl (C=O) groups excluding carboxylic acids is 2. The number of rotatable bonds is 8. The summed E-state index contributed by atoms with van der Waals surface area (Å²) < 4.78 is 34.3. The van der Waals surface area contributed by atoms with Gasteiger partial charge in [0.2, 0.25) is 0 Å². The second-order valence-electron chi connectivity index (χ2n) is 9.88. The van der Waals surface area contributed by atoms with E-state index < -0.39 is 28.1 Å². The van der Waals surface area contributed by atoms with Crippen LogP contribution in [0.15, 0.2) is 83.9 Å². The van der Waals surface area contributed by atoms with Crippen LogP contribution in [0.4, 0.5) is 5.69 Å². The number of benzene rings is 3. The minimum Gasteiger partial charge on any atom is -0.459 e. The molecule has 1 heterocycles. The average molecular weight is 601 g/mol. The Balaban J connectivity index is 1.80. The third-order valence-electron chi connectivity index (χ3n) is 5.69. The molecule has 0 saturated carbocycles. The fraction of sp³-hybridized carbons (Fsp3) is 0.207. The van der Waals surface area contributed by atoms with Gasteiger partial charge < -0.3 is 10.1 Å². The number of amides is 1. The van der Waals surface area contributed by atoms with Crippen LogP contribution in [0.3, 0.4) is 0 Å². The van der Waals surface area contributed by atoms with E-state index in [0.717, 1.165) is 4.31 Å². The predicted molar refractivity (Wildman–Crippen MR) is 156 cm³/mol. The summed E-state index contributed by atoms with van der Waals surface area (Å²) in [4.78, 5) is 30.1. The maximum absolute atomic E-state index is 14.0. The molecule has 0 bridgehead atoms. The number of halogens is 2. The van der Waals surface area contributed by atoms with Gasteiger partial charge in [0.1, 0.15) is 12.1 Å². The molecule has 0 aliphatic rings. The number of anilines is 1. The topological polar surface area (TPSA) is 106 Å². The van der Waals surface area contributed by atoms with Crippen LogP contribution in [-0.2, 0) is 26.1 Å². The van der Waals surface area contributed by atoms with Crippen LogP contribution in [0.25, 0.3) is 10.8 Å². The highest BCUT2D eigenvalue weighted by Crippen LogP contribution is 2.34. The zero-order valence-corrected chi connectivity index (χ0v) is 24.3. The third-order valence-corrected chi connectivity index (χ3v) is 7.86. The summed E-state index contributed by atoms with van der Waals surface area (Å²) in [5.74, 6) is -1.12. The molecule has 1 amide bonds. The molecule has 11 heteroatoms. The standard InChI is InChI=1S/C29H27Cl2N3O5S/c1-29(2,3)39-27(35)18-34(40(37,38)22-15-19(30)14-20(31)16-22)26-12-7-9-23-24(26)10-6-11-25(23)28(36)33-17-21-8-4-5-13-32-21/h4-16H,17-18H2,1-3H3,(H,33,36). The van der Waals surface area contributed by atoms with E-state index in [1.807, 2.05) is 6.07 Å². The van der Waals surface area contributed by atoms with Gasteiger partial charge in [0.25, 0.3) is 15.9 Å². The first kappa shape index (κ1) is 29.3. The smallest absolute Gasteiger partial charge is 0.327 e. The zero-order valence-electron chi connectivity index (χ0n) is 22.0. The van der Waals surface area contributed by atoms with Crippen molar-refractivity contribution < 1.29 is 22.7 Å². The van der Waals surface area contributed by atoms with Crippen molar-refractivity contribution in [2.75, 3.05) is 10.8 Å². The first-order valence-corrected chi connectivity index (χ1v) is 14.5. The van der Waals surface area contributed by atoms with Crippen molar-refractivity contribution in [3.8, 4) is 0 Å². The molecule has 0 aliphatic carbocycles. The zero-order chi connectivity index (χ0) is 29.1. The lowest BCUT2D eigenvalue weighted by Gasteiger charge is -2.27. The molecule has 1 aromatic heterocycles. The van der Waals surface area contributed by atoms with E-state index in [1.165, 1.54) is 18.2 Å². The maximum atomic E-state index is 14.0. The fourth-order valence-electron chi connectivity index (χ4n) is 4.07. The molecule has 0 atom stereocenters. The number of ether oxygens (including phenoxy) is 1. The minimum absolute atomic E-state index is 0.119. The number of carbonyl (C=O) groups is 2. The SMILES string of the molecule is CC(C)(C)OC(=O)CN(c1cccc2c(C(=O)NCc3ccccn3)cccc12)S(=O)(=O)c1cc(Cl)cc(Cl)c1. The van der Waals surface area contributed by atoms with Crippen molar-refractivity contribution in [2.24, 2.45) is 0 Å². The van der Waals surface area contributed by atoms with E-state index in [-0.39, 0.29) is 33.1 Å². The van der Waals surface area contributed by atoms with Gasteiger partial charge in [0.05, 0.1) is 22.8 Å². The van der Waals surface area contributed by atoms with Crippen LogP contribution in [0.5, 0.6) is 0 Å². The van der Waals surface area contributed by atoms with Gasteiger partial charge >= 0.3 is 5.97 Å². The van der Waals surface area contributed by atoms with Gasteiger partial charge in [0.15, 0.2) is 0 Å². The molecule has 8 nitrogen and oxygen atoms in total. The number of esters is 1.